The lowest BCUT2D eigenvalue weighted by Crippen LogP contribution is -2.41. The van der Waals surface area contributed by atoms with Crippen molar-refractivity contribution in [3.8, 4) is 0 Å². The number of hydrogen-bond acceptors (Lipinski definition) is 6. The minimum Gasteiger partial charge on any atom is -0.466 e. The topological polar surface area (TPSA) is 72.6 Å². The van der Waals surface area contributed by atoms with E-state index in [1.54, 1.807) is 36.2 Å². The minimum absolute atomic E-state index is 0.169. The predicted molar refractivity (Wildman–Crippen MR) is 107 cm³/mol. The summed E-state index contributed by atoms with van der Waals surface area (Å²) in [6, 6.07) is 9.71. The smallest absolute Gasteiger partial charge is 0.342 e. The van der Waals surface area contributed by atoms with Crippen LogP contribution in [-0.4, -0.2) is 41.5 Å². The monoisotopic (exact) mass is 398 g/mol. The molecule has 146 valence electrons. The van der Waals surface area contributed by atoms with E-state index in [0.29, 0.717) is 30.2 Å². The number of fused-ring (bicyclic) bond motifs is 1. The van der Waals surface area contributed by atoms with Gasteiger partial charge in [0.1, 0.15) is 17.1 Å². The average molecular weight is 398 g/mol. The second-order valence-corrected chi connectivity index (χ2v) is 8.16. The third-order valence-electron chi connectivity index (χ3n) is 5.02. The molecule has 0 saturated carbocycles. The molecule has 3 aromatic rings. The zero-order chi connectivity index (χ0) is 19.7. The van der Waals surface area contributed by atoms with Gasteiger partial charge in [-0.2, -0.15) is 0 Å². The summed E-state index contributed by atoms with van der Waals surface area (Å²) in [5, 5.41) is 1.07. The molecule has 0 radical (unpaired) electrons. The Labute approximate surface area is 167 Å². The molecule has 0 N–H and O–H groups in total. The number of piperidine rings is 1. The van der Waals surface area contributed by atoms with Crippen LogP contribution in [0.25, 0.3) is 10.2 Å². The number of esters is 1. The summed E-state index contributed by atoms with van der Waals surface area (Å²) >= 11 is 1.69. The van der Waals surface area contributed by atoms with Crippen LogP contribution in [0.4, 0.5) is 0 Å². The molecule has 3 heterocycles. The van der Waals surface area contributed by atoms with E-state index in [4.69, 9.17) is 14.1 Å². The molecule has 1 atom stereocenters. The molecule has 1 fully saturated rings. The third kappa shape index (κ3) is 3.80. The van der Waals surface area contributed by atoms with Crippen LogP contribution >= 0.6 is 11.3 Å². The van der Waals surface area contributed by atoms with Crippen LogP contribution in [0.2, 0.25) is 0 Å². The van der Waals surface area contributed by atoms with Crippen LogP contribution < -0.4 is 0 Å². The van der Waals surface area contributed by atoms with Crippen molar-refractivity contribution < 1.29 is 18.7 Å². The molecule has 0 unspecified atom stereocenters. The van der Waals surface area contributed by atoms with Crippen LogP contribution in [0.1, 0.15) is 45.6 Å². The van der Waals surface area contributed by atoms with E-state index in [1.165, 1.54) is 4.70 Å². The van der Waals surface area contributed by atoms with Gasteiger partial charge in [0.2, 0.25) is 0 Å². The molecule has 1 aromatic carbocycles. The number of carbonyl (C=O) groups excluding carboxylic acids is 2. The average Bonchev–Trinajstić information content (AvgIpc) is 3.28. The number of benzene rings is 1. The maximum absolute atomic E-state index is 12.6. The van der Waals surface area contributed by atoms with Crippen LogP contribution in [-0.2, 0) is 9.53 Å². The third-order valence-corrected chi connectivity index (χ3v) is 6.22. The van der Waals surface area contributed by atoms with Gasteiger partial charge in [-0.15, -0.1) is 11.3 Å². The standard InChI is InChI=1S/C21H22N2O4S/c1-13-10-16(14(2)27-13)21(25)26-12-19(24)23-9-5-6-15(11-23)20-22-17-7-3-4-8-18(17)28-20/h3-4,7-8,10,15H,5-6,9,11-12H2,1-2H3/t15-/m0/s1. The SMILES string of the molecule is Cc1cc(C(=O)OCC(=O)N2CCC[C@H](c3nc4ccccc4s3)C2)c(C)o1. The lowest BCUT2D eigenvalue weighted by atomic mass is 9.99. The van der Waals surface area contributed by atoms with Crippen molar-refractivity contribution in [3.05, 3.63) is 52.4 Å². The van der Waals surface area contributed by atoms with E-state index in [2.05, 4.69) is 6.07 Å². The Morgan fingerprint density at radius 2 is 2.14 bits per heavy atom. The van der Waals surface area contributed by atoms with Gasteiger partial charge in [-0.3, -0.25) is 4.79 Å². The number of furan rings is 1. The first-order valence-corrected chi connectivity index (χ1v) is 10.2. The number of aromatic nitrogens is 1. The van der Waals surface area contributed by atoms with Crippen molar-refractivity contribution in [1.82, 2.24) is 9.88 Å². The molecule has 0 aliphatic carbocycles. The number of carbonyl (C=O) groups is 2. The molecule has 6 nitrogen and oxygen atoms in total. The van der Waals surface area contributed by atoms with Gasteiger partial charge in [0.15, 0.2) is 6.61 Å². The summed E-state index contributed by atoms with van der Waals surface area (Å²) < 4.78 is 11.7. The molecule has 0 spiro atoms. The molecule has 28 heavy (non-hydrogen) atoms. The zero-order valence-electron chi connectivity index (χ0n) is 15.9. The van der Waals surface area contributed by atoms with Crippen LogP contribution in [0.15, 0.2) is 34.7 Å². The molecule has 2 aromatic heterocycles. The van der Waals surface area contributed by atoms with E-state index in [1.807, 2.05) is 18.2 Å². The molecular formula is C21H22N2O4S. The number of likely N-dealkylation sites (tertiary alicyclic amines) is 1. The summed E-state index contributed by atoms with van der Waals surface area (Å²) in [5.74, 6) is 0.679. The minimum atomic E-state index is -0.526. The van der Waals surface area contributed by atoms with E-state index in [0.717, 1.165) is 23.4 Å². The number of hydrogen-bond donors (Lipinski definition) is 0. The van der Waals surface area contributed by atoms with Gasteiger partial charge in [-0.05, 0) is 44.9 Å². The van der Waals surface area contributed by atoms with Crippen molar-refractivity contribution in [2.45, 2.75) is 32.6 Å². The van der Waals surface area contributed by atoms with Gasteiger partial charge >= 0.3 is 5.97 Å². The molecule has 7 heteroatoms. The molecule has 1 aliphatic heterocycles. The molecule has 4 rings (SSSR count). The second-order valence-electron chi connectivity index (χ2n) is 7.10. The number of rotatable bonds is 4. The second kappa shape index (κ2) is 7.75. The highest BCUT2D eigenvalue weighted by molar-refractivity contribution is 7.18. The largest absolute Gasteiger partial charge is 0.466 e. The Kier molecular flexibility index (Phi) is 5.17. The van der Waals surface area contributed by atoms with Gasteiger partial charge in [0.25, 0.3) is 5.91 Å². The van der Waals surface area contributed by atoms with Crippen LogP contribution in [0.3, 0.4) is 0 Å². The highest BCUT2D eigenvalue weighted by Gasteiger charge is 2.27. The maximum atomic E-state index is 12.6. The normalized spacial score (nSPS) is 17.1. The van der Waals surface area contributed by atoms with Crippen LogP contribution in [0, 0.1) is 13.8 Å². The number of aryl methyl sites for hydroxylation is 2. The van der Waals surface area contributed by atoms with Gasteiger partial charge < -0.3 is 14.1 Å². The summed E-state index contributed by atoms with van der Waals surface area (Å²) in [5.41, 5.74) is 1.38. The molecule has 1 amide bonds. The zero-order valence-corrected chi connectivity index (χ0v) is 16.8. The fourth-order valence-electron chi connectivity index (χ4n) is 3.60. The Bertz CT molecular complexity index is 990. The van der Waals surface area contributed by atoms with Crippen molar-refractivity contribution >= 4 is 33.4 Å². The molecule has 1 saturated heterocycles. The quantitative estimate of drug-likeness (QED) is 0.620. The van der Waals surface area contributed by atoms with Crippen LogP contribution in [0.5, 0.6) is 0 Å². The van der Waals surface area contributed by atoms with Gasteiger partial charge in [0, 0.05) is 19.0 Å². The van der Waals surface area contributed by atoms with E-state index in [9.17, 15) is 9.59 Å². The maximum Gasteiger partial charge on any atom is 0.342 e. The van der Waals surface area contributed by atoms with Gasteiger partial charge in [-0.1, -0.05) is 12.1 Å². The molecule has 1 aliphatic rings. The number of ether oxygens (including phenoxy) is 1. The fraction of sp³-hybridized carbons (Fsp3) is 0.381. The van der Waals surface area contributed by atoms with Crippen molar-refractivity contribution in [2.24, 2.45) is 0 Å². The number of para-hydroxylation sites is 1. The van der Waals surface area contributed by atoms with Gasteiger partial charge in [0.05, 0.1) is 15.2 Å². The van der Waals surface area contributed by atoms with Crippen molar-refractivity contribution in [3.63, 3.8) is 0 Å². The summed E-state index contributed by atoms with van der Waals surface area (Å²) in [6.45, 7) is 4.51. The first-order valence-electron chi connectivity index (χ1n) is 9.38. The Balaban J connectivity index is 1.38. The Hall–Kier alpha value is -2.67. The summed E-state index contributed by atoms with van der Waals surface area (Å²) in [4.78, 5) is 31.3. The van der Waals surface area contributed by atoms with E-state index in [-0.39, 0.29) is 18.4 Å². The Morgan fingerprint density at radius 3 is 2.89 bits per heavy atom. The summed E-state index contributed by atoms with van der Waals surface area (Å²) in [7, 11) is 0. The summed E-state index contributed by atoms with van der Waals surface area (Å²) in [6.07, 6.45) is 1.93. The first kappa shape index (κ1) is 18.7. The van der Waals surface area contributed by atoms with Crippen molar-refractivity contribution in [2.75, 3.05) is 19.7 Å². The van der Waals surface area contributed by atoms with E-state index >= 15 is 0 Å². The molecular weight excluding hydrogens is 376 g/mol. The number of amides is 1. The number of nitrogens with zero attached hydrogens (tertiary/aromatic N) is 2. The van der Waals surface area contributed by atoms with Crippen molar-refractivity contribution in [1.29, 1.82) is 0 Å². The van der Waals surface area contributed by atoms with E-state index < -0.39 is 5.97 Å². The molecule has 0 bridgehead atoms. The van der Waals surface area contributed by atoms with Gasteiger partial charge in [-0.25, -0.2) is 9.78 Å². The Morgan fingerprint density at radius 1 is 1.32 bits per heavy atom. The number of thiazole rings is 1. The highest BCUT2D eigenvalue weighted by Crippen LogP contribution is 2.33. The first-order chi connectivity index (χ1) is 13.5. The fourth-order valence-corrected chi connectivity index (χ4v) is 4.69. The lowest BCUT2D eigenvalue weighted by Gasteiger charge is -2.31. The predicted octanol–water partition coefficient (Wildman–Crippen LogP) is 4.07. The lowest BCUT2D eigenvalue weighted by molar-refractivity contribution is -0.135. The highest BCUT2D eigenvalue weighted by atomic mass is 32.1.